The van der Waals surface area contributed by atoms with E-state index in [0.29, 0.717) is 6.04 Å². The SMILES string of the molecule is OCC1(NC2CC2)CCOCC1. The Labute approximate surface area is 73.1 Å². The second-order valence-corrected chi connectivity index (χ2v) is 3.97. The highest BCUT2D eigenvalue weighted by molar-refractivity contribution is 4.96. The lowest BCUT2D eigenvalue weighted by Crippen LogP contribution is -2.53. The minimum Gasteiger partial charge on any atom is -0.394 e. The molecule has 12 heavy (non-hydrogen) atoms. The molecule has 2 aliphatic rings. The number of rotatable bonds is 3. The lowest BCUT2D eigenvalue weighted by atomic mass is 9.91. The first-order chi connectivity index (χ1) is 5.85. The van der Waals surface area contributed by atoms with Crippen LogP contribution in [0.4, 0.5) is 0 Å². The van der Waals surface area contributed by atoms with Crippen molar-refractivity contribution in [3.05, 3.63) is 0 Å². The molecular formula is C9H17NO2. The Morgan fingerprint density at radius 3 is 2.50 bits per heavy atom. The van der Waals surface area contributed by atoms with Crippen molar-refractivity contribution < 1.29 is 9.84 Å². The molecule has 0 radical (unpaired) electrons. The van der Waals surface area contributed by atoms with E-state index in [1.165, 1.54) is 12.8 Å². The molecule has 1 saturated carbocycles. The van der Waals surface area contributed by atoms with Gasteiger partial charge in [0.05, 0.1) is 6.61 Å². The molecule has 2 fully saturated rings. The van der Waals surface area contributed by atoms with Crippen molar-refractivity contribution in [3.8, 4) is 0 Å². The van der Waals surface area contributed by atoms with Gasteiger partial charge in [-0.2, -0.15) is 0 Å². The zero-order valence-corrected chi connectivity index (χ0v) is 7.38. The smallest absolute Gasteiger partial charge is 0.0615 e. The van der Waals surface area contributed by atoms with Crippen LogP contribution in [0.2, 0.25) is 0 Å². The molecule has 0 bridgehead atoms. The summed E-state index contributed by atoms with van der Waals surface area (Å²) in [6.45, 7) is 1.84. The number of aliphatic hydroxyl groups is 1. The maximum absolute atomic E-state index is 9.30. The van der Waals surface area contributed by atoms with Gasteiger partial charge in [0.1, 0.15) is 0 Å². The summed E-state index contributed by atoms with van der Waals surface area (Å²) in [4.78, 5) is 0. The van der Waals surface area contributed by atoms with Gasteiger partial charge in [-0.15, -0.1) is 0 Å². The number of hydrogen-bond acceptors (Lipinski definition) is 3. The summed E-state index contributed by atoms with van der Waals surface area (Å²) in [6.07, 6.45) is 4.48. The van der Waals surface area contributed by atoms with E-state index < -0.39 is 0 Å². The van der Waals surface area contributed by atoms with E-state index in [0.717, 1.165) is 26.1 Å². The van der Waals surface area contributed by atoms with Crippen molar-refractivity contribution in [3.63, 3.8) is 0 Å². The van der Waals surface area contributed by atoms with Gasteiger partial charge >= 0.3 is 0 Å². The summed E-state index contributed by atoms with van der Waals surface area (Å²) >= 11 is 0. The lowest BCUT2D eigenvalue weighted by molar-refractivity contribution is 0.0111. The summed E-state index contributed by atoms with van der Waals surface area (Å²) in [5.41, 5.74) is -0.0145. The molecule has 0 amide bonds. The first-order valence-corrected chi connectivity index (χ1v) is 4.81. The Bertz CT molecular complexity index is 151. The van der Waals surface area contributed by atoms with Crippen LogP contribution >= 0.6 is 0 Å². The van der Waals surface area contributed by atoms with E-state index in [1.807, 2.05) is 0 Å². The van der Waals surface area contributed by atoms with Crippen LogP contribution in [0.25, 0.3) is 0 Å². The summed E-state index contributed by atoms with van der Waals surface area (Å²) in [5, 5.41) is 12.8. The van der Waals surface area contributed by atoms with E-state index in [9.17, 15) is 5.11 Å². The van der Waals surface area contributed by atoms with E-state index in [1.54, 1.807) is 0 Å². The van der Waals surface area contributed by atoms with Crippen LogP contribution in [-0.4, -0.2) is 36.5 Å². The third kappa shape index (κ3) is 1.79. The predicted octanol–water partition coefficient (Wildman–Crippen LogP) is 0.280. The van der Waals surface area contributed by atoms with Gasteiger partial charge in [-0.05, 0) is 25.7 Å². The van der Waals surface area contributed by atoms with Crippen LogP contribution in [0, 0.1) is 0 Å². The highest BCUT2D eigenvalue weighted by Crippen LogP contribution is 2.27. The third-order valence-corrected chi connectivity index (χ3v) is 2.84. The van der Waals surface area contributed by atoms with Crippen LogP contribution in [0.5, 0.6) is 0 Å². The number of nitrogens with one attached hydrogen (secondary N) is 1. The average molecular weight is 171 g/mol. The van der Waals surface area contributed by atoms with Gasteiger partial charge in [0.25, 0.3) is 0 Å². The first kappa shape index (κ1) is 8.48. The van der Waals surface area contributed by atoms with Crippen LogP contribution in [0.1, 0.15) is 25.7 Å². The summed E-state index contributed by atoms with van der Waals surface area (Å²) in [6, 6.07) is 0.676. The van der Waals surface area contributed by atoms with Gasteiger partial charge in [-0.25, -0.2) is 0 Å². The number of aliphatic hydroxyl groups excluding tert-OH is 1. The van der Waals surface area contributed by atoms with Crippen LogP contribution in [-0.2, 0) is 4.74 Å². The summed E-state index contributed by atoms with van der Waals surface area (Å²) in [7, 11) is 0. The van der Waals surface area contributed by atoms with Crippen LogP contribution in [0.3, 0.4) is 0 Å². The van der Waals surface area contributed by atoms with Gasteiger partial charge in [0.2, 0.25) is 0 Å². The monoisotopic (exact) mass is 171 g/mol. The molecule has 0 aromatic carbocycles. The molecule has 2 rings (SSSR count). The Kier molecular flexibility index (Phi) is 2.35. The molecule has 0 aromatic rings. The normalized spacial score (nSPS) is 28.8. The van der Waals surface area contributed by atoms with E-state index in [4.69, 9.17) is 4.74 Å². The van der Waals surface area contributed by atoms with Crippen molar-refractivity contribution in [2.75, 3.05) is 19.8 Å². The Balaban J connectivity index is 1.90. The molecule has 0 spiro atoms. The molecule has 0 aromatic heterocycles. The predicted molar refractivity (Wildman–Crippen MR) is 46.0 cm³/mol. The van der Waals surface area contributed by atoms with Crippen molar-refractivity contribution in [2.24, 2.45) is 0 Å². The molecule has 70 valence electrons. The Morgan fingerprint density at radius 1 is 1.33 bits per heavy atom. The number of ether oxygens (including phenoxy) is 1. The fourth-order valence-electron chi connectivity index (χ4n) is 1.77. The van der Waals surface area contributed by atoms with Crippen molar-refractivity contribution >= 4 is 0 Å². The molecule has 0 unspecified atom stereocenters. The first-order valence-electron chi connectivity index (χ1n) is 4.81. The van der Waals surface area contributed by atoms with Gasteiger partial charge in [0, 0.05) is 24.8 Å². The molecule has 0 atom stereocenters. The Hall–Kier alpha value is -0.120. The van der Waals surface area contributed by atoms with E-state index in [2.05, 4.69) is 5.32 Å². The summed E-state index contributed by atoms with van der Waals surface area (Å²) < 4.78 is 5.28. The molecule has 1 saturated heterocycles. The molecule has 1 aliphatic carbocycles. The second kappa shape index (κ2) is 3.32. The maximum Gasteiger partial charge on any atom is 0.0615 e. The van der Waals surface area contributed by atoms with Crippen LogP contribution < -0.4 is 5.32 Å². The minimum absolute atomic E-state index is 0.0145. The van der Waals surface area contributed by atoms with Gasteiger partial charge in [-0.3, -0.25) is 0 Å². The van der Waals surface area contributed by atoms with E-state index >= 15 is 0 Å². The average Bonchev–Trinajstić information content (AvgIpc) is 2.90. The van der Waals surface area contributed by atoms with E-state index in [-0.39, 0.29) is 12.1 Å². The summed E-state index contributed by atoms with van der Waals surface area (Å²) in [5.74, 6) is 0. The molecule has 1 heterocycles. The highest BCUT2D eigenvalue weighted by Gasteiger charge is 2.36. The zero-order valence-electron chi connectivity index (χ0n) is 7.38. The standard InChI is InChI=1S/C9H17NO2/c11-7-9(10-8-1-2-8)3-5-12-6-4-9/h8,10-11H,1-7H2. The van der Waals surface area contributed by atoms with Crippen LogP contribution in [0.15, 0.2) is 0 Å². The minimum atomic E-state index is -0.0145. The maximum atomic E-state index is 9.30. The topological polar surface area (TPSA) is 41.5 Å². The fraction of sp³-hybridized carbons (Fsp3) is 1.00. The van der Waals surface area contributed by atoms with Gasteiger partial charge in [0.15, 0.2) is 0 Å². The lowest BCUT2D eigenvalue weighted by Gasteiger charge is -2.36. The Morgan fingerprint density at radius 2 is 2.00 bits per heavy atom. The molecule has 2 N–H and O–H groups in total. The van der Waals surface area contributed by atoms with Crippen molar-refractivity contribution in [1.29, 1.82) is 0 Å². The van der Waals surface area contributed by atoms with Crippen molar-refractivity contribution in [2.45, 2.75) is 37.3 Å². The molecule has 3 heteroatoms. The third-order valence-electron chi connectivity index (χ3n) is 2.84. The zero-order chi connectivity index (χ0) is 8.44. The molecular weight excluding hydrogens is 154 g/mol. The molecule has 1 aliphatic heterocycles. The number of hydrogen-bond donors (Lipinski definition) is 2. The highest BCUT2D eigenvalue weighted by atomic mass is 16.5. The van der Waals surface area contributed by atoms with Gasteiger partial charge in [-0.1, -0.05) is 0 Å². The largest absolute Gasteiger partial charge is 0.394 e. The quantitative estimate of drug-likeness (QED) is 0.641. The van der Waals surface area contributed by atoms with Crippen molar-refractivity contribution in [1.82, 2.24) is 5.32 Å². The van der Waals surface area contributed by atoms with Gasteiger partial charge < -0.3 is 15.2 Å². The molecule has 3 nitrogen and oxygen atoms in total. The fourth-order valence-corrected chi connectivity index (χ4v) is 1.77. The second-order valence-electron chi connectivity index (χ2n) is 3.97.